The van der Waals surface area contributed by atoms with E-state index in [1.54, 1.807) is 0 Å². The van der Waals surface area contributed by atoms with Crippen molar-refractivity contribution in [1.82, 2.24) is 0 Å². The van der Waals surface area contributed by atoms with E-state index in [1.807, 2.05) is 0 Å². The molecule has 0 unspecified atom stereocenters. The van der Waals surface area contributed by atoms with Gasteiger partial charge in [0.15, 0.2) is 16.6 Å². The first kappa shape index (κ1) is 39.4. The van der Waals surface area contributed by atoms with E-state index >= 15 is 0 Å². The number of hydrogen-bond acceptors (Lipinski definition) is 3. The Bertz CT molecular complexity index is 517. The monoisotopic (exact) mass is 510 g/mol. The van der Waals surface area contributed by atoms with Gasteiger partial charge in [-0.15, -0.1) is 0 Å². The molecule has 166 valence electrons. The molecule has 2 rings (SSSR count). The zero-order valence-electron chi connectivity index (χ0n) is 19.4. The molecule has 0 saturated carbocycles. The molecule has 0 fully saturated rings. The van der Waals surface area contributed by atoms with E-state index in [-0.39, 0.29) is 52.0 Å². The van der Waals surface area contributed by atoms with Crippen LogP contribution in [-0.2, 0) is 53.3 Å². The minimum atomic E-state index is -1.67. The standard InChI is InChI=1S/C18H26OSi2.2CH4O.2CH3.2V/c1-20(2,15-17-11-7-5-8-12-17)19-21(3,4)16-18-13-9-6-10-14-18;2*1-2;;;;/h5-14H,15-16H2,1-4H3;2*2H,1H3;2*1H3;;/q;;;2*-1;;. The van der Waals surface area contributed by atoms with E-state index in [0.717, 1.165) is 26.3 Å². The van der Waals surface area contributed by atoms with Crippen LogP contribution >= 0.6 is 0 Å². The molecule has 0 bridgehead atoms. The molecule has 0 aliphatic rings. The smallest absolute Gasteiger partial charge is 0.177 e. The topological polar surface area (TPSA) is 49.7 Å². The second kappa shape index (κ2) is 21.2. The van der Waals surface area contributed by atoms with Crippen molar-refractivity contribution in [3.63, 3.8) is 0 Å². The summed E-state index contributed by atoms with van der Waals surface area (Å²) < 4.78 is 6.71. The Balaban J connectivity index is -0.000000226. The van der Waals surface area contributed by atoms with Crippen LogP contribution in [0.4, 0.5) is 0 Å². The summed E-state index contributed by atoms with van der Waals surface area (Å²) in [5.41, 5.74) is 2.80. The third-order valence-corrected chi connectivity index (χ3v) is 10.4. The van der Waals surface area contributed by atoms with Crippen LogP contribution in [0.15, 0.2) is 60.7 Å². The Labute approximate surface area is 206 Å². The fourth-order valence-corrected chi connectivity index (χ4v) is 12.0. The first-order valence-electron chi connectivity index (χ1n) is 8.54. The Hall–Kier alpha value is -0.0774. The van der Waals surface area contributed by atoms with Gasteiger partial charge in [0.2, 0.25) is 0 Å². The van der Waals surface area contributed by atoms with Gasteiger partial charge in [-0.1, -0.05) is 60.7 Å². The molecule has 7 heteroatoms. The van der Waals surface area contributed by atoms with Gasteiger partial charge in [-0.05, 0) is 49.4 Å². The van der Waals surface area contributed by atoms with Gasteiger partial charge in [-0.2, -0.15) is 0 Å². The van der Waals surface area contributed by atoms with Crippen molar-refractivity contribution in [3.8, 4) is 0 Å². The van der Waals surface area contributed by atoms with Gasteiger partial charge in [-0.3, -0.25) is 0 Å². The van der Waals surface area contributed by atoms with Crippen molar-refractivity contribution in [3.05, 3.63) is 86.6 Å². The van der Waals surface area contributed by atoms with Gasteiger partial charge in [-0.25, -0.2) is 0 Å². The number of hydrogen-bond donors (Lipinski definition) is 2. The quantitative estimate of drug-likeness (QED) is 0.421. The van der Waals surface area contributed by atoms with Crippen molar-refractivity contribution >= 4 is 16.6 Å². The first-order valence-corrected chi connectivity index (χ1v) is 14.8. The molecule has 0 saturated heterocycles. The SMILES string of the molecule is CO.CO.C[Si](C)(Cc1ccccc1)O[Si](C)(C)Cc1ccccc1.[CH3-].[CH3-].[V].[V]. The normalized spacial score (nSPS) is 9.38. The molecule has 2 radical (unpaired) electrons. The van der Waals surface area contributed by atoms with Gasteiger partial charge in [0.1, 0.15) is 0 Å². The molecule has 2 aromatic rings. The van der Waals surface area contributed by atoms with Gasteiger partial charge < -0.3 is 29.2 Å². The van der Waals surface area contributed by atoms with Crippen LogP contribution in [0.5, 0.6) is 0 Å². The summed E-state index contributed by atoms with van der Waals surface area (Å²) in [5, 5.41) is 14.0. The van der Waals surface area contributed by atoms with Gasteiger partial charge in [0.05, 0.1) is 0 Å². The third-order valence-electron chi connectivity index (χ3n) is 3.50. The molecule has 3 nitrogen and oxygen atoms in total. The largest absolute Gasteiger partial charge is 0.455 e. The average Bonchev–Trinajstić information content (AvgIpc) is 2.58. The summed E-state index contributed by atoms with van der Waals surface area (Å²) in [5.74, 6) is 0. The number of aliphatic hydroxyl groups is 2. The van der Waals surface area contributed by atoms with Crippen LogP contribution in [0.3, 0.4) is 0 Å². The van der Waals surface area contributed by atoms with Crippen LogP contribution in [0.25, 0.3) is 0 Å². The second-order valence-corrected chi connectivity index (χ2v) is 15.5. The fourth-order valence-electron chi connectivity index (χ4n) is 3.00. The zero-order valence-corrected chi connectivity index (χ0v) is 24.2. The summed E-state index contributed by atoms with van der Waals surface area (Å²) in [4.78, 5) is 0. The van der Waals surface area contributed by atoms with E-state index in [9.17, 15) is 0 Å². The summed E-state index contributed by atoms with van der Waals surface area (Å²) in [6.45, 7) is 9.39. The van der Waals surface area contributed by atoms with Crippen LogP contribution < -0.4 is 0 Å². The molecular formula is C22H40O3Si2V2-2. The minimum absolute atomic E-state index is 0. The Morgan fingerprint density at radius 3 is 1.07 bits per heavy atom. The van der Waals surface area contributed by atoms with Gasteiger partial charge >= 0.3 is 0 Å². The second-order valence-electron chi connectivity index (χ2n) is 6.95. The van der Waals surface area contributed by atoms with E-state index < -0.39 is 16.6 Å². The molecule has 0 heterocycles. The molecule has 0 aliphatic carbocycles. The van der Waals surface area contributed by atoms with Gasteiger partial charge in [0, 0.05) is 51.3 Å². The Morgan fingerprint density at radius 1 is 0.586 bits per heavy atom. The van der Waals surface area contributed by atoms with E-state index in [1.165, 1.54) is 11.1 Å². The molecular weight excluding hydrogens is 470 g/mol. The van der Waals surface area contributed by atoms with E-state index in [4.69, 9.17) is 14.3 Å². The van der Waals surface area contributed by atoms with Crippen LogP contribution in [0.2, 0.25) is 26.2 Å². The maximum Gasteiger partial charge on any atom is 0.177 e. The number of rotatable bonds is 6. The average molecular weight is 511 g/mol. The maximum atomic E-state index is 7.00. The molecule has 0 amide bonds. The number of aliphatic hydroxyl groups excluding tert-OH is 2. The third kappa shape index (κ3) is 18.4. The van der Waals surface area contributed by atoms with Crippen molar-refractivity contribution < 1.29 is 51.4 Å². The fraction of sp³-hybridized carbons (Fsp3) is 0.364. The van der Waals surface area contributed by atoms with Crippen molar-refractivity contribution in [2.75, 3.05) is 14.2 Å². The summed E-state index contributed by atoms with van der Waals surface area (Å²) in [7, 11) is -1.34. The molecule has 0 spiro atoms. The zero-order chi connectivity index (χ0) is 19.3. The summed E-state index contributed by atoms with van der Waals surface area (Å²) in [6, 6.07) is 23.7. The van der Waals surface area contributed by atoms with Crippen LogP contribution in [0.1, 0.15) is 11.1 Å². The van der Waals surface area contributed by atoms with Crippen molar-refractivity contribution in [1.29, 1.82) is 0 Å². The molecule has 2 aromatic carbocycles. The summed E-state index contributed by atoms with van der Waals surface area (Å²) >= 11 is 0. The molecule has 0 aliphatic heterocycles. The molecule has 2 N–H and O–H groups in total. The minimum Gasteiger partial charge on any atom is -0.455 e. The van der Waals surface area contributed by atoms with E-state index in [0.29, 0.717) is 0 Å². The Morgan fingerprint density at radius 2 is 0.828 bits per heavy atom. The first-order chi connectivity index (χ1) is 11.9. The maximum absolute atomic E-state index is 7.00. The number of benzene rings is 2. The van der Waals surface area contributed by atoms with Crippen LogP contribution in [-0.4, -0.2) is 41.1 Å². The van der Waals surface area contributed by atoms with Gasteiger partial charge in [0.25, 0.3) is 0 Å². The molecule has 0 atom stereocenters. The van der Waals surface area contributed by atoms with Crippen molar-refractivity contribution in [2.24, 2.45) is 0 Å². The summed E-state index contributed by atoms with van der Waals surface area (Å²) in [6.07, 6.45) is 0. The van der Waals surface area contributed by atoms with Crippen molar-refractivity contribution in [2.45, 2.75) is 38.3 Å². The van der Waals surface area contributed by atoms with Crippen LogP contribution in [0, 0.1) is 14.9 Å². The molecule has 29 heavy (non-hydrogen) atoms. The van der Waals surface area contributed by atoms with E-state index in [2.05, 4.69) is 86.9 Å². The molecule has 0 aromatic heterocycles. The predicted molar refractivity (Wildman–Crippen MR) is 125 cm³/mol. The Kier molecular flexibility index (Phi) is 28.8. The predicted octanol–water partition coefficient (Wildman–Crippen LogP) is 5.09.